The number of carbonyl (C=O) groups excluding carboxylic acids is 5. The summed E-state index contributed by atoms with van der Waals surface area (Å²) in [6.07, 6.45) is 7.17. The van der Waals surface area contributed by atoms with Crippen LogP contribution in [0.25, 0.3) is 0 Å². The third-order valence-electron chi connectivity index (χ3n) is 11.0. The maximum atomic E-state index is 13.6. The monoisotopic (exact) mass is 561 g/mol. The topological polar surface area (TPSA) is 138 Å². The highest BCUT2D eigenvalue weighted by Crippen LogP contribution is 2.67. The number of benzene rings is 1. The molecule has 5 aliphatic rings. The van der Waals surface area contributed by atoms with Crippen LogP contribution in [0.5, 0.6) is 0 Å². The summed E-state index contributed by atoms with van der Waals surface area (Å²) in [5, 5.41) is 23.4. The van der Waals surface area contributed by atoms with Crippen molar-refractivity contribution in [3.05, 3.63) is 53.6 Å². The van der Waals surface area contributed by atoms with E-state index in [0.29, 0.717) is 19.3 Å². The molecular weight excluding hydrogens is 526 g/mol. The molecule has 0 spiro atoms. The van der Waals surface area contributed by atoms with Crippen LogP contribution in [0.1, 0.15) is 69.2 Å². The molecule has 1 aromatic carbocycles. The standard InChI is InChI=1S/C32H35NO8/c1-30-12-10-21(34)15-19(30)6-7-22-23-11-13-32(40,31(23,2)16-24(35)28(22)30)25(36)17-41-29(39)18-4-3-5-20(14-18)33-26(37)8-9-27(33)38/h3-5,8-9,14-15,22-24,28,35,40H,6-7,10-13,16-17H2,1-2H3/t22-,23-,24-,28+,30-,31-,32-/m0/s1. The van der Waals surface area contributed by atoms with Gasteiger partial charge >= 0.3 is 5.97 Å². The third kappa shape index (κ3) is 4.07. The number of anilines is 1. The van der Waals surface area contributed by atoms with Crippen LogP contribution in [0.15, 0.2) is 48.1 Å². The van der Waals surface area contributed by atoms with Crippen LogP contribution in [0, 0.1) is 28.6 Å². The Labute approximate surface area is 238 Å². The highest BCUT2D eigenvalue weighted by molar-refractivity contribution is 6.28. The number of amides is 2. The van der Waals surface area contributed by atoms with E-state index >= 15 is 0 Å². The van der Waals surface area contributed by atoms with Gasteiger partial charge in [-0.2, -0.15) is 0 Å². The largest absolute Gasteiger partial charge is 0.454 e. The quantitative estimate of drug-likeness (QED) is 0.413. The summed E-state index contributed by atoms with van der Waals surface area (Å²) in [5.41, 5.74) is -1.53. The molecule has 9 heteroatoms. The summed E-state index contributed by atoms with van der Waals surface area (Å²) in [7, 11) is 0. The van der Waals surface area contributed by atoms with E-state index in [1.165, 1.54) is 24.3 Å². The van der Waals surface area contributed by atoms with Gasteiger partial charge in [0.2, 0.25) is 5.78 Å². The number of ether oxygens (including phenoxy) is 1. The molecule has 1 heterocycles. The van der Waals surface area contributed by atoms with Gasteiger partial charge in [0.05, 0.1) is 17.4 Å². The Morgan fingerprint density at radius 3 is 2.51 bits per heavy atom. The molecule has 0 radical (unpaired) electrons. The number of aliphatic hydroxyl groups excluding tert-OH is 1. The van der Waals surface area contributed by atoms with Gasteiger partial charge in [-0.05, 0) is 86.0 Å². The molecule has 1 aromatic rings. The second-order valence-corrected chi connectivity index (χ2v) is 12.9. The van der Waals surface area contributed by atoms with Crippen molar-refractivity contribution in [2.24, 2.45) is 28.6 Å². The molecule has 0 bridgehead atoms. The lowest BCUT2D eigenvalue weighted by Gasteiger charge is -2.60. The summed E-state index contributed by atoms with van der Waals surface area (Å²) in [4.78, 5) is 63.5. The lowest BCUT2D eigenvalue weighted by Crippen LogP contribution is -2.62. The number of hydrogen-bond acceptors (Lipinski definition) is 8. The minimum atomic E-state index is -1.76. The summed E-state index contributed by atoms with van der Waals surface area (Å²) in [6, 6.07) is 5.83. The summed E-state index contributed by atoms with van der Waals surface area (Å²) in [6.45, 7) is 3.40. The van der Waals surface area contributed by atoms with E-state index in [1.807, 2.05) is 6.92 Å². The Hall–Kier alpha value is -3.43. The summed E-state index contributed by atoms with van der Waals surface area (Å²) in [5.74, 6) is -2.23. The molecule has 2 N–H and O–H groups in total. The van der Waals surface area contributed by atoms with Gasteiger partial charge in [-0.15, -0.1) is 0 Å². The van der Waals surface area contributed by atoms with Gasteiger partial charge in [0.15, 0.2) is 12.4 Å². The number of imide groups is 1. The van der Waals surface area contributed by atoms with Gasteiger partial charge < -0.3 is 14.9 Å². The molecule has 6 rings (SSSR count). The van der Waals surface area contributed by atoms with Crippen LogP contribution in [0.2, 0.25) is 0 Å². The lowest BCUT2D eigenvalue weighted by atomic mass is 9.45. The molecule has 9 nitrogen and oxygen atoms in total. The molecule has 3 fully saturated rings. The van der Waals surface area contributed by atoms with E-state index in [2.05, 4.69) is 6.92 Å². The van der Waals surface area contributed by atoms with Crippen molar-refractivity contribution >= 4 is 35.0 Å². The van der Waals surface area contributed by atoms with Crippen LogP contribution in [0.3, 0.4) is 0 Å². The van der Waals surface area contributed by atoms with Gasteiger partial charge in [0.1, 0.15) is 5.60 Å². The normalized spacial score (nSPS) is 37.8. The first-order valence-corrected chi connectivity index (χ1v) is 14.4. The number of ketones is 2. The van der Waals surface area contributed by atoms with Crippen LogP contribution in [-0.2, 0) is 23.9 Å². The van der Waals surface area contributed by atoms with Crippen LogP contribution >= 0.6 is 0 Å². The third-order valence-corrected chi connectivity index (χ3v) is 11.0. The van der Waals surface area contributed by atoms with Crippen LogP contribution in [0.4, 0.5) is 5.69 Å². The molecule has 1 aliphatic heterocycles. The number of rotatable bonds is 5. The Kier molecular flexibility index (Phi) is 6.46. The van der Waals surface area contributed by atoms with Crippen LogP contribution < -0.4 is 4.90 Å². The van der Waals surface area contributed by atoms with E-state index in [1.54, 1.807) is 6.08 Å². The second kappa shape index (κ2) is 9.56. The highest BCUT2D eigenvalue weighted by atomic mass is 16.5. The second-order valence-electron chi connectivity index (χ2n) is 12.9. The molecule has 3 saturated carbocycles. The predicted octanol–water partition coefficient (Wildman–Crippen LogP) is 3.08. The minimum absolute atomic E-state index is 0.0115. The van der Waals surface area contributed by atoms with Crippen molar-refractivity contribution in [3.63, 3.8) is 0 Å². The molecule has 216 valence electrons. The maximum Gasteiger partial charge on any atom is 0.338 e. The van der Waals surface area contributed by atoms with E-state index in [0.717, 1.165) is 35.5 Å². The van der Waals surface area contributed by atoms with Gasteiger partial charge in [0, 0.05) is 24.0 Å². The number of hydrogen-bond donors (Lipinski definition) is 2. The Bertz CT molecular complexity index is 1410. The maximum absolute atomic E-state index is 13.6. The van der Waals surface area contributed by atoms with Gasteiger partial charge in [0.25, 0.3) is 11.8 Å². The van der Waals surface area contributed by atoms with E-state index < -0.39 is 47.3 Å². The summed E-state index contributed by atoms with van der Waals surface area (Å²) < 4.78 is 5.34. The zero-order valence-electron chi connectivity index (χ0n) is 23.3. The van der Waals surface area contributed by atoms with Crippen molar-refractivity contribution in [2.75, 3.05) is 11.5 Å². The molecule has 2 amide bonds. The van der Waals surface area contributed by atoms with Crippen molar-refractivity contribution in [2.45, 2.75) is 70.5 Å². The van der Waals surface area contributed by atoms with E-state index in [4.69, 9.17) is 4.74 Å². The fraction of sp³-hybridized carbons (Fsp3) is 0.531. The number of allylic oxidation sites excluding steroid dienone is 1. The Morgan fingerprint density at radius 1 is 1.05 bits per heavy atom. The number of esters is 1. The first-order valence-electron chi connectivity index (χ1n) is 14.4. The Balaban J connectivity index is 1.17. The van der Waals surface area contributed by atoms with E-state index in [-0.39, 0.29) is 53.0 Å². The van der Waals surface area contributed by atoms with E-state index in [9.17, 15) is 34.2 Å². The average Bonchev–Trinajstić information content (AvgIpc) is 3.42. The zero-order chi connectivity index (χ0) is 29.3. The number of nitrogens with zero attached hydrogens (tertiary/aromatic N) is 1. The highest BCUT2D eigenvalue weighted by Gasteiger charge is 2.68. The molecule has 41 heavy (non-hydrogen) atoms. The fourth-order valence-corrected chi connectivity index (χ4v) is 8.91. The van der Waals surface area contributed by atoms with Crippen molar-refractivity contribution in [1.82, 2.24) is 0 Å². The van der Waals surface area contributed by atoms with Crippen molar-refractivity contribution in [1.29, 1.82) is 0 Å². The smallest absolute Gasteiger partial charge is 0.338 e. The number of fused-ring (bicyclic) bond motifs is 5. The lowest BCUT2D eigenvalue weighted by molar-refractivity contribution is -0.182. The predicted molar refractivity (Wildman–Crippen MR) is 146 cm³/mol. The number of aliphatic hydroxyl groups is 2. The SMILES string of the molecule is C[C@]12CCC(=O)C=C1CC[C@@H]1[C@@H]2[C@@H](O)C[C@@]2(C)[C@H]1CC[C@]2(O)C(=O)COC(=O)c1cccc(N2C(=O)C=CC2=O)c1. The number of carbonyl (C=O) groups is 5. The first-order chi connectivity index (χ1) is 19.4. The minimum Gasteiger partial charge on any atom is -0.454 e. The molecular formula is C32H35NO8. The fourth-order valence-electron chi connectivity index (χ4n) is 8.91. The van der Waals surface area contributed by atoms with Crippen LogP contribution in [-0.4, -0.2) is 57.9 Å². The van der Waals surface area contributed by atoms with Crippen molar-refractivity contribution in [3.8, 4) is 0 Å². The molecule has 0 unspecified atom stereocenters. The molecule has 4 aliphatic carbocycles. The van der Waals surface area contributed by atoms with Crippen molar-refractivity contribution < 1.29 is 38.9 Å². The first kappa shape index (κ1) is 27.7. The van der Waals surface area contributed by atoms with Gasteiger partial charge in [-0.3, -0.25) is 19.2 Å². The molecule has 0 saturated heterocycles. The Morgan fingerprint density at radius 2 is 1.78 bits per heavy atom. The summed E-state index contributed by atoms with van der Waals surface area (Å²) >= 11 is 0. The molecule has 0 aromatic heterocycles. The van der Waals surface area contributed by atoms with Gasteiger partial charge in [-0.25, -0.2) is 9.69 Å². The molecule has 7 atom stereocenters. The number of Topliss-reactive ketones (excluding diaryl/α,β-unsaturated/α-hetero) is 1. The zero-order valence-corrected chi connectivity index (χ0v) is 23.3. The van der Waals surface area contributed by atoms with Gasteiger partial charge in [-0.1, -0.05) is 25.5 Å². The average molecular weight is 562 g/mol.